The Kier molecular flexibility index (Phi) is 10.1. The van der Waals surface area contributed by atoms with Crippen LogP contribution in [0.25, 0.3) is 54.9 Å². The predicted octanol–water partition coefficient (Wildman–Crippen LogP) is 20.4. The molecular formula is C73H68N2. The normalized spacial score (nSPS) is 15.3. The highest BCUT2D eigenvalue weighted by molar-refractivity contribution is 6.17. The fourth-order valence-corrected chi connectivity index (χ4v) is 13.4. The zero-order valence-electron chi connectivity index (χ0n) is 45.9. The monoisotopic (exact) mass is 973 g/mol. The molecule has 75 heavy (non-hydrogen) atoms. The summed E-state index contributed by atoms with van der Waals surface area (Å²) in [7, 11) is 0. The van der Waals surface area contributed by atoms with Gasteiger partial charge in [0, 0.05) is 50.4 Å². The van der Waals surface area contributed by atoms with Crippen molar-refractivity contribution < 1.29 is 0 Å². The van der Waals surface area contributed by atoms with Crippen LogP contribution in [0.4, 0.5) is 34.1 Å². The van der Waals surface area contributed by atoms with Crippen LogP contribution >= 0.6 is 0 Å². The van der Waals surface area contributed by atoms with E-state index in [4.69, 9.17) is 0 Å². The van der Waals surface area contributed by atoms with E-state index in [1.807, 2.05) is 0 Å². The Bertz CT molecular complexity index is 3980. The zero-order chi connectivity index (χ0) is 52.1. The summed E-state index contributed by atoms with van der Waals surface area (Å²) in [4.78, 5) is 4.97. The standard InChI is InChI=1S/C73H68N2/c1-69(2,3)46-25-30-48(31-26-46)74(51-34-37-56-54-18-13-15-21-62(54)71(7,8)65(56)42-51)50-29-24-45-40-61-58-39-36-53(44-67(58)73(11,12)64-23-17-20-59(68(61)64)60(45)41-50)75(49-32-27-47(28-33-49)70(4,5)6)52-35-38-57-55-19-14-16-22-63(55)72(9,10)66(57)43-52/h13-44H,1-12H3. The van der Waals surface area contributed by atoms with E-state index in [0.29, 0.717) is 0 Å². The van der Waals surface area contributed by atoms with E-state index in [0.717, 1.165) is 22.7 Å². The van der Waals surface area contributed by atoms with Crippen molar-refractivity contribution in [2.24, 2.45) is 0 Å². The molecule has 3 aliphatic carbocycles. The molecule has 0 atom stereocenters. The van der Waals surface area contributed by atoms with Gasteiger partial charge in [0.25, 0.3) is 0 Å². The van der Waals surface area contributed by atoms with Crippen LogP contribution in [0.3, 0.4) is 0 Å². The highest BCUT2D eigenvalue weighted by Gasteiger charge is 2.39. The number of fused-ring (bicyclic) bond motifs is 10. The summed E-state index contributed by atoms with van der Waals surface area (Å²) in [5.74, 6) is 0. The molecule has 0 saturated heterocycles. The third-order valence-electron chi connectivity index (χ3n) is 17.8. The molecular weight excluding hydrogens is 905 g/mol. The Labute approximate surface area is 445 Å². The van der Waals surface area contributed by atoms with Crippen molar-refractivity contribution >= 4 is 55.7 Å². The quantitative estimate of drug-likeness (QED) is 0.153. The van der Waals surface area contributed by atoms with Gasteiger partial charge in [0.2, 0.25) is 0 Å². The predicted molar refractivity (Wildman–Crippen MR) is 321 cm³/mol. The second-order valence-electron chi connectivity index (χ2n) is 25.5. The fourth-order valence-electron chi connectivity index (χ4n) is 13.4. The summed E-state index contributed by atoms with van der Waals surface area (Å²) in [6.45, 7) is 28.1. The van der Waals surface area contributed by atoms with Crippen molar-refractivity contribution in [3.63, 3.8) is 0 Å². The summed E-state index contributed by atoms with van der Waals surface area (Å²) in [5, 5.41) is 5.14. The van der Waals surface area contributed by atoms with Gasteiger partial charge in [-0.05, 0) is 189 Å². The summed E-state index contributed by atoms with van der Waals surface area (Å²) in [5.41, 5.74) is 25.4. The smallest absolute Gasteiger partial charge is 0.0468 e. The molecule has 0 aromatic heterocycles. The molecule has 0 N–H and O–H groups in total. The van der Waals surface area contributed by atoms with Crippen LogP contribution in [0.1, 0.15) is 128 Å². The molecule has 3 aliphatic rings. The molecule has 10 aromatic rings. The Balaban J connectivity index is 0.958. The largest absolute Gasteiger partial charge is 0.310 e. The molecule has 2 nitrogen and oxygen atoms in total. The fraction of sp³-hybridized carbons (Fsp3) is 0.233. The Morgan fingerprint density at radius 2 is 0.640 bits per heavy atom. The van der Waals surface area contributed by atoms with Crippen molar-refractivity contribution in [3.05, 3.63) is 239 Å². The van der Waals surface area contributed by atoms with Gasteiger partial charge in [0.15, 0.2) is 0 Å². The first-order chi connectivity index (χ1) is 35.7. The van der Waals surface area contributed by atoms with E-state index in [-0.39, 0.29) is 27.1 Å². The third kappa shape index (κ3) is 7.12. The van der Waals surface area contributed by atoms with Gasteiger partial charge >= 0.3 is 0 Å². The lowest BCUT2D eigenvalue weighted by Gasteiger charge is -2.37. The first-order valence-corrected chi connectivity index (χ1v) is 27.2. The first-order valence-electron chi connectivity index (χ1n) is 27.2. The molecule has 0 unspecified atom stereocenters. The molecule has 370 valence electrons. The lowest BCUT2D eigenvalue weighted by molar-refractivity contribution is 0.590. The van der Waals surface area contributed by atoms with Gasteiger partial charge in [0.1, 0.15) is 0 Å². The minimum Gasteiger partial charge on any atom is -0.310 e. The van der Waals surface area contributed by atoms with E-state index in [9.17, 15) is 0 Å². The van der Waals surface area contributed by atoms with Crippen molar-refractivity contribution in [1.82, 2.24) is 0 Å². The maximum Gasteiger partial charge on any atom is 0.0468 e. The molecule has 10 aromatic carbocycles. The minimum atomic E-state index is -0.290. The number of hydrogen-bond donors (Lipinski definition) is 0. The second kappa shape index (κ2) is 16.2. The zero-order valence-corrected chi connectivity index (χ0v) is 45.9. The maximum absolute atomic E-state index is 2.49. The molecule has 0 bridgehead atoms. The molecule has 0 aliphatic heterocycles. The van der Waals surface area contributed by atoms with Crippen molar-refractivity contribution in [1.29, 1.82) is 0 Å². The lowest BCUT2D eigenvalue weighted by Crippen LogP contribution is -2.24. The van der Waals surface area contributed by atoms with Gasteiger partial charge in [0.05, 0.1) is 0 Å². The number of nitrogens with zero attached hydrogens (tertiary/aromatic N) is 2. The van der Waals surface area contributed by atoms with Crippen LogP contribution in [0, 0.1) is 0 Å². The SMILES string of the molecule is CC(C)(C)c1ccc(N(c2ccc3c(c2)C(C)(C)c2ccccc2-3)c2ccc3c(c2)C(C)(C)c2cccc4c2c-3cc2ccc(N(c3ccc(C(C)(C)C)cc3)c3ccc5c(c3)C(C)(C)c3ccccc3-5)cc24)cc1. The minimum absolute atomic E-state index is 0.0492. The van der Waals surface area contributed by atoms with E-state index >= 15 is 0 Å². The van der Waals surface area contributed by atoms with Crippen LogP contribution in [-0.4, -0.2) is 0 Å². The van der Waals surface area contributed by atoms with Crippen LogP contribution in [0.2, 0.25) is 0 Å². The highest BCUT2D eigenvalue weighted by atomic mass is 15.1. The number of anilines is 6. The van der Waals surface area contributed by atoms with Gasteiger partial charge in [-0.1, -0.05) is 198 Å². The third-order valence-corrected chi connectivity index (χ3v) is 17.8. The van der Waals surface area contributed by atoms with Gasteiger partial charge in [-0.15, -0.1) is 0 Å². The van der Waals surface area contributed by atoms with Crippen LogP contribution in [0.5, 0.6) is 0 Å². The molecule has 0 fully saturated rings. The molecule has 13 rings (SSSR count). The molecule has 2 heteroatoms. The topological polar surface area (TPSA) is 6.48 Å². The first kappa shape index (κ1) is 47.1. The average molecular weight is 973 g/mol. The maximum atomic E-state index is 2.49. The van der Waals surface area contributed by atoms with Gasteiger partial charge in [-0.25, -0.2) is 0 Å². The van der Waals surface area contributed by atoms with Crippen LogP contribution in [0.15, 0.2) is 194 Å². The summed E-state index contributed by atoms with van der Waals surface area (Å²) in [6, 6.07) is 74.6. The summed E-state index contributed by atoms with van der Waals surface area (Å²) in [6.07, 6.45) is 0. The van der Waals surface area contributed by atoms with Gasteiger partial charge in [-0.2, -0.15) is 0 Å². The lowest BCUT2D eigenvalue weighted by atomic mass is 9.68. The van der Waals surface area contributed by atoms with Gasteiger partial charge < -0.3 is 9.80 Å². The van der Waals surface area contributed by atoms with Crippen LogP contribution < -0.4 is 9.80 Å². The Morgan fingerprint density at radius 1 is 0.280 bits per heavy atom. The molecule has 0 heterocycles. The Hall–Kier alpha value is -7.68. The molecule has 0 spiro atoms. The second-order valence-corrected chi connectivity index (χ2v) is 25.5. The van der Waals surface area contributed by atoms with Gasteiger partial charge in [-0.3, -0.25) is 0 Å². The molecule has 0 saturated carbocycles. The number of benzene rings is 10. The van der Waals surface area contributed by atoms with Crippen molar-refractivity contribution in [3.8, 4) is 33.4 Å². The molecule has 0 amide bonds. The summed E-state index contributed by atoms with van der Waals surface area (Å²) < 4.78 is 0. The average Bonchev–Trinajstić information content (AvgIpc) is 3.77. The van der Waals surface area contributed by atoms with E-state index < -0.39 is 0 Å². The number of rotatable bonds is 6. The van der Waals surface area contributed by atoms with Crippen molar-refractivity contribution in [2.45, 2.75) is 110 Å². The van der Waals surface area contributed by atoms with E-state index in [1.54, 1.807) is 0 Å². The Morgan fingerprint density at radius 3 is 1.09 bits per heavy atom. The summed E-state index contributed by atoms with van der Waals surface area (Å²) >= 11 is 0. The van der Waals surface area contributed by atoms with E-state index in [2.05, 4.69) is 287 Å². The number of hydrogen-bond acceptors (Lipinski definition) is 2. The highest BCUT2D eigenvalue weighted by Crippen LogP contribution is 2.55. The van der Waals surface area contributed by atoms with E-state index in [1.165, 1.54) is 111 Å². The van der Waals surface area contributed by atoms with Crippen LogP contribution in [-0.2, 0) is 27.1 Å². The molecule has 0 radical (unpaired) electrons. The van der Waals surface area contributed by atoms with Crippen molar-refractivity contribution in [2.75, 3.05) is 9.80 Å².